The monoisotopic (exact) mass is 339 g/mol. The lowest BCUT2D eigenvalue weighted by Gasteiger charge is -2.21. The maximum absolute atomic E-state index is 12.2. The second-order valence-electron chi connectivity index (χ2n) is 6.34. The van der Waals surface area contributed by atoms with Crippen LogP contribution in [0.4, 0.5) is 11.6 Å². The van der Waals surface area contributed by atoms with Crippen molar-refractivity contribution < 1.29 is 4.79 Å². The largest absolute Gasteiger partial charge is 0.357 e. The molecule has 130 valence electrons. The van der Waals surface area contributed by atoms with Gasteiger partial charge in [-0.1, -0.05) is 12.8 Å². The number of hydrogen-bond acceptors (Lipinski definition) is 5. The summed E-state index contributed by atoms with van der Waals surface area (Å²) in [6, 6.07) is 5.62. The lowest BCUT2D eigenvalue weighted by Crippen LogP contribution is -2.24. The van der Waals surface area contributed by atoms with E-state index in [0.29, 0.717) is 11.5 Å². The van der Waals surface area contributed by atoms with Crippen LogP contribution in [-0.4, -0.2) is 44.0 Å². The minimum atomic E-state index is -0.269. The Balaban J connectivity index is 1.63. The molecule has 0 aliphatic carbocycles. The van der Waals surface area contributed by atoms with Gasteiger partial charge in [0.15, 0.2) is 11.5 Å². The summed E-state index contributed by atoms with van der Waals surface area (Å²) >= 11 is 0. The van der Waals surface area contributed by atoms with Crippen LogP contribution in [0.3, 0.4) is 0 Å². The van der Waals surface area contributed by atoms with Crippen molar-refractivity contribution in [1.82, 2.24) is 25.0 Å². The van der Waals surface area contributed by atoms with Crippen molar-refractivity contribution in [3.63, 3.8) is 0 Å². The molecule has 8 nitrogen and oxygen atoms in total. The summed E-state index contributed by atoms with van der Waals surface area (Å²) < 4.78 is 1.71. The smallest absolute Gasteiger partial charge is 0.274 e. The third kappa shape index (κ3) is 3.07. The van der Waals surface area contributed by atoms with Crippen molar-refractivity contribution >= 4 is 28.6 Å². The van der Waals surface area contributed by atoms with Crippen LogP contribution in [0.5, 0.6) is 0 Å². The minimum absolute atomic E-state index is 0.269. The topological polar surface area (TPSA) is 91.7 Å². The molecule has 2 N–H and O–H groups in total. The summed E-state index contributed by atoms with van der Waals surface area (Å²) in [5, 5.41) is 14.5. The van der Waals surface area contributed by atoms with Crippen LogP contribution in [-0.2, 0) is 7.05 Å². The van der Waals surface area contributed by atoms with Gasteiger partial charge in [-0.2, -0.15) is 10.2 Å². The highest BCUT2D eigenvalue weighted by Crippen LogP contribution is 2.25. The zero-order valence-corrected chi connectivity index (χ0v) is 14.2. The Morgan fingerprint density at radius 2 is 1.96 bits per heavy atom. The van der Waals surface area contributed by atoms with Crippen LogP contribution in [0.1, 0.15) is 36.2 Å². The van der Waals surface area contributed by atoms with Gasteiger partial charge in [-0.05, 0) is 31.0 Å². The molecule has 3 aromatic heterocycles. The lowest BCUT2D eigenvalue weighted by atomic mass is 10.2. The van der Waals surface area contributed by atoms with Crippen molar-refractivity contribution in [3.8, 4) is 0 Å². The van der Waals surface area contributed by atoms with Gasteiger partial charge >= 0.3 is 0 Å². The summed E-state index contributed by atoms with van der Waals surface area (Å²) in [7, 11) is 1.84. The van der Waals surface area contributed by atoms with Gasteiger partial charge in [-0.3, -0.25) is 9.89 Å². The van der Waals surface area contributed by atoms with Crippen LogP contribution in [0, 0.1) is 0 Å². The Hall–Kier alpha value is -2.90. The van der Waals surface area contributed by atoms with Crippen LogP contribution < -0.4 is 10.2 Å². The third-order valence-corrected chi connectivity index (χ3v) is 4.58. The van der Waals surface area contributed by atoms with Gasteiger partial charge in [0, 0.05) is 26.3 Å². The number of fused-ring (bicyclic) bond motifs is 1. The van der Waals surface area contributed by atoms with E-state index in [-0.39, 0.29) is 5.91 Å². The van der Waals surface area contributed by atoms with E-state index in [1.807, 2.05) is 19.2 Å². The first-order valence-corrected chi connectivity index (χ1v) is 8.62. The summed E-state index contributed by atoms with van der Waals surface area (Å²) in [6.45, 7) is 2.08. The highest BCUT2D eigenvalue weighted by Gasteiger charge is 2.17. The van der Waals surface area contributed by atoms with Crippen LogP contribution in [0.15, 0.2) is 24.4 Å². The van der Waals surface area contributed by atoms with Crippen molar-refractivity contribution in [2.24, 2.45) is 7.05 Å². The molecule has 0 atom stereocenters. The molecule has 1 saturated heterocycles. The number of anilines is 2. The number of aromatic nitrogens is 5. The molecule has 0 saturated carbocycles. The van der Waals surface area contributed by atoms with Crippen LogP contribution in [0.2, 0.25) is 0 Å². The average molecular weight is 339 g/mol. The van der Waals surface area contributed by atoms with Gasteiger partial charge < -0.3 is 10.2 Å². The van der Waals surface area contributed by atoms with Gasteiger partial charge in [0.2, 0.25) is 0 Å². The second kappa shape index (κ2) is 6.54. The first-order chi connectivity index (χ1) is 12.2. The number of H-pyrrole nitrogens is 1. The maximum Gasteiger partial charge on any atom is 0.274 e. The Morgan fingerprint density at radius 1 is 1.16 bits per heavy atom. The number of nitrogens with zero attached hydrogens (tertiary/aromatic N) is 5. The highest BCUT2D eigenvalue weighted by molar-refractivity contribution is 6.06. The summed E-state index contributed by atoms with van der Waals surface area (Å²) in [5.41, 5.74) is 1.16. The highest BCUT2D eigenvalue weighted by atomic mass is 16.2. The molecular weight excluding hydrogens is 318 g/mol. The van der Waals surface area contributed by atoms with E-state index < -0.39 is 0 Å². The molecule has 4 heterocycles. The molecule has 0 unspecified atom stereocenters. The number of nitrogens with one attached hydrogen (secondary N) is 2. The molecule has 1 fully saturated rings. The number of pyridine rings is 1. The zero-order chi connectivity index (χ0) is 17.2. The molecular formula is C17H21N7O. The van der Waals surface area contributed by atoms with Crippen molar-refractivity contribution in [2.75, 3.05) is 23.3 Å². The number of aromatic amines is 1. The van der Waals surface area contributed by atoms with Gasteiger partial charge in [-0.15, -0.1) is 0 Å². The molecule has 4 rings (SSSR count). The molecule has 8 heteroatoms. The number of aryl methyl sites for hydroxylation is 1. The SMILES string of the molecule is Cn1nc(NC(=O)c2ccn[nH]2)c2ccc(N3CCCCCC3)nc21. The normalized spacial score (nSPS) is 15.3. The van der Waals surface area contributed by atoms with Gasteiger partial charge in [0.25, 0.3) is 5.91 Å². The number of rotatable bonds is 3. The van der Waals surface area contributed by atoms with Crippen molar-refractivity contribution in [1.29, 1.82) is 0 Å². The van der Waals surface area contributed by atoms with Crippen LogP contribution >= 0.6 is 0 Å². The van der Waals surface area contributed by atoms with Gasteiger partial charge in [-0.25, -0.2) is 9.67 Å². The van der Waals surface area contributed by atoms with E-state index in [1.165, 1.54) is 25.7 Å². The minimum Gasteiger partial charge on any atom is -0.357 e. The predicted molar refractivity (Wildman–Crippen MR) is 95.7 cm³/mol. The molecule has 1 aliphatic heterocycles. The molecule has 0 bridgehead atoms. The van der Waals surface area contributed by atoms with E-state index in [4.69, 9.17) is 4.98 Å². The number of hydrogen-bond donors (Lipinski definition) is 2. The van der Waals surface area contributed by atoms with Crippen molar-refractivity contribution in [3.05, 3.63) is 30.1 Å². The first kappa shape index (κ1) is 15.6. The van der Waals surface area contributed by atoms with E-state index in [1.54, 1.807) is 16.9 Å². The molecule has 1 amide bonds. The van der Waals surface area contributed by atoms with Gasteiger partial charge in [0.1, 0.15) is 11.5 Å². The summed E-state index contributed by atoms with van der Waals surface area (Å²) in [6.07, 6.45) is 6.52. The first-order valence-electron chi connectivity index (χ1n) is 8.62. The zero-order valence-electron chi connectivity index (χ0n) is 14.2. The fourth-order valence-electron chi connectivity index (χ4n) is 3.25. The quantitative estimate of drug-likeness (QED) is 0.764. The lowest BCUT2D eigenvalue weighted by molar-refractivity contribution is 0.102. The van der Waals surface area contributed by atoms with Crippen LogP contribution in [0.25, 0.3) is 11.0 Å². The number of carbonyl (C=O) groups excluding carboxylic acids is 1. The summed E-state index contributed by atoms with van der Waals surface area (Å²) in [4.78, 5) is 19.3. The molecule has 25 heavy (non-hydrogen) atoms. The molecule has 0 radical (unpaired) electrons. The Morgan fingerprint density at radius 3 is 2.68 bits per heavy atom. The number of amides is 1. The molecule has 0 aromatic carbocycles. The molecule has 1 aliphatic rings. The second-order valence-corrected chi connectivity index (χ2v) is 6.34. The predicted octanol–water partition coefficient (Wildman–Crippen LogP) is 2.32. The molecule has 0 spiro atoms. The fourth-order valence-corrected chi connectivity index (χ4v) is 3.25. The number of carbonyl (C=O) groups is 1. The standard InChI is InChI=1S/C17H21N7O/c1-23-16-12(15(22-23)20-17(25)13-8-9-18-21-13)6-7-14(19-16)24-10-4-2-3-5-11-24/h6-9H,2-5,10-11H2,1H3,(H,18,21)(H,20,22,25). The summed E-state index contributed by atoms with van der Waals surface area (Å²) in [5.74, 6) is 1.21. The van der Waals surface area contributed by atoms with Gasteiger partial charge in [0.05, 0.1) is 5.39 Å². The Labute approximate surface area is 145 Å². The van der Waals surface area contributed by atoms with Crippen molar-refractivity contribution in [2.45, 2.75) is 25.7 Å². The fraction of sp³-hybridized carbons (Fsp3) is 0.412. The third-order valence-electron chi connectivity index (χ3n) is 4.58. The average Bonchev–Trinajstić information content (AvgIpc) is 3.16. The molecule has 3 aromatic rings. The van der Waals surface area contributed by atoms with E-state index in [0.717, 1.165) is 29.9 Å². The van der Waals surface area contributed by atoms with E-state index >= 15 is 0 Å². The Bertz CT molecular complexity index is 876. The maximum atomic E-state index is 12.2. The Kier molecular flexibility index (Phi) is 4.09. The van der Waals surface area contributed by atoms with E-state index in [2.05, 4.69) is 25.5 Å². The van der Waals surface area contributed by atoms with E-state index in [9.17, 15) is 4.79 Å².